The molecule has 0 bridgehead atoms. The van der Waals surface area contributed by atoms with Gasteiger partial charge in [0.05, 0.1) is 33.3 Å². The zero-order valence-electron chi connectivity index (χ0n) is 12.4. The molecule has 0 saturated carbocycles. The Morgan fingerprint density at radius 3 is 1.73 bits per heavy atom. The maximum Gasteiger partial charge on any atom is 0.319 e. The van der Waals surface area contributed by atoms with E-state index in [2.05, 4.69) is 4.74 Å². The summed E-state index contributed by atoms with van der Waals surface area (Å²) in [6.45, 7) is -0.209. The van der Waals surface area contributed by atoms with E-state index in [1.54, 1.807) is 6.92 Å². The summed E-state index contributed by atoms with van der Waals surface area (Å²) in [5.41, 5.74) is 0. The zero-order valence-corrected chi connectivity index (χ0v) is 12.4. The van der Waals surface area contributed by atoms with Crippen molar-refractivity contribution in [2.45, 2.75) is 13.0 Å². The molecular formula is C12H20N2O8. The number of ether oxygens (including phenoxy) is 1. The van der Waals surface area contributed by atoms with Crippen molar-refractivity contribution >= 4 is 23.9 Å². The fraction of sp³-hybridized carbons (Fsp3) is 0.667. The standard InChI is InChI=1S/C12H20N2O8/c1-8(3-13(4-9(15)16)5-10(17)18)14(6-11(19)20)7-12(21)22-2/h8H,3-7H2,1-2H3,(H,15,16)(H,17,18)(H,19,20)/t8-/m0/s1. The van der Waals surface area contributed by atoms with E-state index in [9.17, 15) is 19.2 Å². The third-order valence-electron chi connectivity index (χ3n) is 2.76. The van der Waals surface area contributed by atoms with Crippen LogP contribution >= 0.6 is 0 Å². The predicted octanol–water partition coefficient (Wildman–Crippen LogP) is -1.59. The average molecular weight is 320 g/mol. The van der Waals surface area contributed by atoms with Gasteiger partial charge in [-0.15, -0.1) is 0 Å². The van der Waals surface area contributed by atoms with E-state index in [1.165, 1.54) is 4.90 Å². The number of carbonyl (C=O) groups is 4. The Hall–Kier alpha value is -2.20. The number of hydrogen-bond acceptors (Lipinski definition) is 7. The molecule has 1 atom stereocenters. The molecule has 0 amide bonds. The molecule has 3 N–H and O–H groups in total. The number of carboxylic acids is 3. The van der Waals surface area contributed by atoms with E-state index < -0.39 is 49.6 Å². The number of hydrogen-bond donors (Lipinski definition) is 3. The molecule has 0 rings (SSSR count). The normalized spacial score (nSPS) is 12.2. The lowest BCUT2D eigenvalue weighted by Gasteiger charge is -2.30. The molecule has 22 heavy (non-hydrogen) atoms. The van der Waals surface area contributed by atoms with Crippen LogP contribution in [0.5, 0.6) is 0 Å². The summed E-state index contributed by atoms with van der Waals surface area (Å²) < 4.78 is 4.47. The topological polar surface area (TPSA) is 145 Å². The Bertz CT molecular complexity index is 409. The zero-order chi connectivity index (χ0) is 17.3. The number of aliphatic carboxylic acids is 3. The van der Waals surface area contributed by atoms with Crippen LogP contribution in [-0.2, 0) is 23.9 Å². The van der Waals surface area contributed by atoms with Crippen LogP contribution in [0.2, 0.25) is 0 Å². The lowest BCUT2D eigenvalue weighted by atomic mass is 10.2. The first-order valence-corrected chi connectivity index (χ1v) is 6.34. The van der Waals surface area contributed by atoms with Crippen molar-refractivity contribution in [3.63, 3.8) is 0 Å². The SMILES string of the molecule is COC(=O)CN(CC(=O)O)[C@@H](C)CN(CC(=O)O)CC(=O)O. The second-order valence-electron chi connectivity index (χ2n) is 4.68. The van der Waals surface area contributed by atoms with Gasteiger partial charge in [-0.3, -0.25) is 29.0 Å². The summed E-state index contributed by atoms with van der Waals surface area (Å²) in [5.74, 6) is -4.22. The van der Waals surface area contributed by atoms with Gasteiger partial charge >= 0.3 is 23.9 Å². The highest BCUT2D eigenvalue weighted by Gasteiger charge is 2.24. The summed E-state index contributed by atoms with van der Waals surface area (Å²) in [7, 11) is 1.16. The molecule has 0 aliphatic rings. The molecule has 0 fully saturated rings. The van der Waals surface area contributed by atoms with Gasteiger partial charge in [0.1, 0.15) is 0 Å². The third-order valence-corrected chi connectivity index (χ3v) is 2.76. The molecule has 10 nitrogen and oxygen atoms in total. The van der Waals surface area contributed by atoms with Crippen LogP contribution < -0.4 is 0 Å². The molecule has 0 aliphatic heterocycles. The molecule has 0 aromatic carbocycles. The van der Waals surface area contributed by atoms with Gasteiger partial charge in [-0.25, -0.2) is 0 Å². The van der Waals surface area contributed by atoms with E-state index in [4.69, 9.17) is 15.3 Å². The summed E-state index contributed by atoms with van der Waals surface area (Å²) in [4.78, 5) is 46.0. The van der Waals surface area contributed by atoms with Crippen molar-refractivity contribution in [2.24, 2.45) is 0 Å². The van der Waals surface area contributed by atoms with Gasteiger partial charge < -0.3 is 20.1 Å². The van der Waals surface area contributed by atoms with Crippen molar-refractivity contribution in [2.75, 3.05) is 39.8 Å². The Kier molecular flexibility index (Phi) is 8.72. The summed E-state index contributed by atoms with van der Waals surface area (Å²) >= 11 is 0. The number of carbonyl (C=O) groups excluding carboxylic acids is 1. The maximum absolute atomic E-state index is 11.3. The summed E-state index contributed by atoms with van der Waals surface area (Å²) in [6.07, 6.45) is 0. The molecule has 0 saturated heterocycles. The summed E-state index contributed by atoms with van der Waals surface area (Å²) in [6, 6.07) is -0.561. The second-order valence-corrected chi connectivity index (χ2v) is 4.68. The Morgan fingerprint density at radius 1 is 0.909 bits per heavy atom. The van der Waals surface area contributed by atoms with Crippen LogP contribution in [0.3, 0.4) is 0 Å². The van der Waals surface area contributed by atoms with Crippen LogP contribution in [0.15, 0.2) is 0 Å². The number of methoxy groups -OCH3 is 1. The number of nitrogens with zero attached hydrogens (tertiary/aromatic N) is 2. The smallest absolute Gasteiger partial charge is 0.319 e. The van der Waals surface area contributed by atoms with Crippen molar-refractivity contribution in [3.8, 4) is 0 Å². The van der Waals surface area contributed by atoms with E-state index in [0.717, 1.165) is 12.0 Å². The second kappa shape index (κ2) is 9.68. The molecule has 0 radical (unpaired) electrons. The van der Waals surface area contributed by atoms with Gasteiger partial charge in [0.15, 0.2) is 0 Å². The van der Waals surface area contributed by atoms with Crippen molar-refractivity contribution in [1.82, 2.24) is 9.80 Å². The van der Waals surface area contributed by atoms with Gasteiger partial charge in [-0.2, -0.15) is 0 Å². The first-order chi connectivity index (χ1) is 10.1. The average Bonchev–Trinajstić information content (AvgIpc) is 2.35. The van der Waals surface area contributed by atoms with Gasteiger partial charge in [0.25, 0.3) is 0 Å². The van der Waals surface area contributed by atoms with E-state index >= 15 is 0 Å². The highest BCUT2D eigenvalue weighted by atomic mass is 16.5. The Labute approximate surface area is 126 Å². The highest BCUT2D eigenvalue weighted by molar-refractivity contribution is 5.74. The van der Waals surface area contributed by atoms with Gasteiger partial charge in [-0.05, 0) is 6.92 Å². The fourth-order valence-electron chi connectivity index (χ4n) is 1.83. The van der Waals surface area contributed by atoms with Gasteiger partial charge in [0, 0.05) is 12.6 Å². The largest absolute Gasteiger partial charge is 0.480 e. The van der Waals surface area contributed by atoms with Gasteiger partial charge in [0.2, 0.25) is 0 Å². The molecule has 10 heteroatoms. The van der Waals surface area contributed by atoms with Crippen LogP contribution in [-0.4, -0.2) is 94.9 Å². The molecular weight excluding hydrogens is 300 g/mol. The minimum absolute atomic E-state index is 0.0249. The Balaban J connectivity index is 4.87. The van der Waals surface area contributed by atoms with E-state index in [0.29, 0.717) is 0 Å². The Morgan fingerprint density at radius 2 is 1.36 bits per heavy atom. The fourth-order valence-corrected chi connectivity index (χ4v) is 1.83. The molecule has 0 aromatic rings. The molecule has 0 spiro atoms. The van der Waals surface area contributed by atoms with Crippen LogP contribution in [0.4, 0.5) is 0 Å². The monoisotopic (exact) mass is 320 g/mol. The van der Waals surface area contributed by atoms with Gasteiger partial charge in [-0.1, -0.05) is 0 Å². The number of carboxylic acid groups (broad SMARTS) is 3. The third kappa shape index (κ3) is 8.87. The van der Waals surface area contributed by atoms with Crippen molar-refractivity contribution in [1.29, 1.82) is 0 Å². The van der Waals surface area contributed by atoms with Crippen LogP contribution in [0.1, 0.15) is 6.92 Å². The molecule has 126 valence electrons. The lowest BCUT2D eigenvalue weighted by molar-refractivity contribution is -0.147. The summed E-state index contributed by atoms with van der Waals surface area (Å²) in [5, 5.41) is 26.4. The van der Waals surface area contributed by atoms with Crippen LogP contribution in [0.25, 0.3) is 0 Å². The predicted molar refractivity (Wildman–Crippen MR) is 72.4 cm³/mol. The van der Waals surface area contributed by atoms with E-state index in [1.807, 2.05) is 0 Å². The molecule has 0 heterocycles. The molecule has 0 aliphatic carbocycles. The minimum Gasteiger partial charge on any atom is -0.480 e. The lowest BCUT2D eigenvalue weighted by Crippen LogP contribution is -2.48. The molecule has 0 unspecified atom stereocenters. The number of rotatable bonds is 11. The van der Waals surface area contributed by atoms with Crippen molar-refractivity contribution < 1.29 is 39.2 Å². The van der Waals surface area contributed by atoms with Crippen molar-refractivity contribution in [3.05, 3.63) is 0 Å². The minimum atomic E-state index is -1.20. The van der Waals surface area contributed by atoms with E-state index in [-0.39, 0.29) is 13.1 Å². The first kappa shape index (κ1) is 19.8. The first-order valence-electron chi connectivity index (χ1n) is 6.34. The highest BCUT2D eigenvalue weighted by Crippen LogP contribution is 2.03. The number of esters is 1. The van der Waals surface area contributed by atoms with Crippen LogP contribution in [0, 0.1) is 0 Å². The molecule has 0 aromatic heterocycles. The maximum atomic E-state index is 11.3. The quantitative estimate of drug-likeness (QED) is 0.381.